The summed E-state index contributed by atoms with van der Waals surface area (Å²) in [5.74, 6) is -0.262. The highest BCUT2D eigenvalue weighted by Gasteiger charge is 2.44. The summed E-state index contributed by atoms with van der Waals surface area (Å²) < 4.78 is 22.4. The maximum absolute atomic E-state index is 13.1. The Morgan fingerprint density at radius 2 is 1.88 bits per heavy atom. The Balaban J connectivity index is 1.44. The molecule has 0 radical (unpaired) electrons. The quantitative estimate of drug-likeness (QED) is 0.375. The van der Waals surface area contributed by atoms with Gasteiger partial charge in [0.15, 0.2) is 6.29 Å². The van der Waals surface area contributed by atoms with E-state index < -0.39 is 49.3 Å². The topological polar surface area (TPSA) is 161 Å². The first kappa shape index (κ1) is 24.6. The molecule has 4 rings (SSSR count). The third-order valence-electron chi connectivity index (χ3n) is 6.60. The Morgan fingerprint density at radius 3 is 2.59 bits per heavy atom. The number of hydrogen-bond donors (Lipinski definition) is 5. The monoisotopic (exact) mass is 477 g/mol. The fourth-order valence-corrected chi connectivity index (χ4v) is 4.67. The van der Waals surface area contributed by atoms with Gasteiger partial charge in [0, 0.05) is 11.8 Å². The number of aryl methyl sites for hydroxylation is 1. The lowest BCUT2D eigenvalue weighted by Crippen LogP contribution is -2.62. The van der Waals surface area contributed by atoms with Crippen molar-refractivity contribution in [3.63, 3.8) is 0 Å². The van der Waals surface area contributed by atoms with Gasteiger partial charge in [0.05, 0.1) is 25.9 Å². The number of phenolic OH excluding ortho intramolecular Hbond substituents is 1. The highest BCUT2D eigenvalue weighted by atomic mass is 16.7. The minimum Gasteiger partial charge on any atom is -0.507 e. The molecule has 1 aliphatic carbocycles. The van der Waals surface area contributed by atoms with Crippen LogP contribution in [0.4, 0.5) is 0 Å². The standard InChI is InChI=1S/C24H31NO9/c1-11-7-14(31-2)9-16-15(11)5-6-17(27)19(16)23(30)32-12-3-4-13(8-12)33-24-20(25)22(29)21(28)18(10-26)34-24/h5-7,9,12-13,18,20-22,24,26-29H,3-4,8,10,25H2,1-2H3/t12-,13+,18+,20+,21+,22+,24+/m0/s1. The molecule has 2 aromatic rings. The lowest BCUT2D eigenvalue weighted by Gasteiger charge is -2.41. The van der Waals surface area contributed by atoms with Crippen molar-refractivity contribution >= 4 is 16.7 Å². The van der Waals surface area contributed by atoms with Gasteiger partial charge in [-0.05, 0) is 48.9 Å². The van der Waals surface area contributed by atoms with Crippen LogP contribution in [0.25, 0.3) is 10.8 Å². The molecule has 1 saturated carbocycles. The average Bonchev–Trinajstić information content (AvgIpc) is 3.25. The summed E-state index contributed by atoms with van der Waals surface area (Å²) in [5, 5.41) is 41.2. The normalized spacial score (nSPS) is 31.5. The largest absolute Gasteiger partial charge is 0.507 e. The summed E-state index contributed by atoms with van der Waals surface area (Å²) in [4.78, 5) is 13.1. The van der Waals surface area contributed by atoms with E-state index in [9.17, 15) is 25.2 Å². The van der Waals surface area contributed by atoms with E-state index in [-0.39, 0.29) is 17.4 Å². The van der Waals surface area contributed by atoms with E-state index in [0.29, 0.717) is 30.4 Å². The molecule has 186 valence electrons. The van der Waals surface area contributed by atoms with Crippen LogP contribution in [0.5, 0.6) is 11.5 Å². The van der Waals surface area contributed by atoms with E-state index in [2.05, 4.69) is 0 Å². The van der Waals surface area contributed by atoms with Gasteiger partial charge in [-0.2, -0.15) is 0 Å². The number of ether oxygens (including phenoxy) is 4. The highest BCUT2D eigenvalue weighted by molar-refractivity contribution is 6.08. The van der Waals surface area contributed by atoms with Gasteiger partial charge in [-0.25, -0.2) is 4.79 Å². The van der Waals surface area contributed by atoms with Gasteiger partial charge in [-0.1, -0.05) is 6.07 Å². The molecule has 1 heterocycles. The van der Waals surface area contributed by atoms with Crippen LogP contribution in [-0.4, -0.2) is 83.0 Å². The second-order valence-corrected chi connectivity index (χ2v) is 8.88. The molecule has 0 spiro atoms. The fourth-order valence-electron chi connectivity index (χ4n) is 4.67. The number of nitrogens with two attached hydrogens (primary N) is 1. The number of phenols is 1. The van der Waals surface area contributed by atoms with Crippen LogP contribution in [0, 0.1) is 6.92 Å². The number of aromatic hydroxyl groups is 1. The van der Waals surface area contributed by atoms with Crippen LogP contribution in [0.3, 0.4) is 0 Å². The van der Waals surface area contributed by atoms with Gasteiger partial charge in [-0.15, -0.1) is 0 Å². The number of aliphatic hydroxyl groups excluding tert-OH is 3. The zero-order chi connectivity index (χ0) is 24.6. The molecule has 0 amide bonds. The molecule has 2 fully saturated rings. The van der Waals surface area contributed by atoms with Gasteiger partial charge in [0.1, 0.15) is 41.5 Å². The summed E-state index contributed by atoms with van der Waals surface area (Å²) in [6, 6.07) is 5.76. The highest BCUT2D eigenvalue weighted by Crippen LogP contribution is 2.35. The Labute approximate surface area is 196 Å². The van der Waals surface area contributed by atoms with Crippen molar-refractivity contribution in [1.29, 1.82) is 0 Å². The molecule has 10 nitrogen and oxygen atoms in total. The summed E-state index contributed by atoms with van der Waals surface area (Å²) in [6.07, 6.45) is -4.01. The molecule has 0 aromatic heterocycles. The SMILES string of the molecule is COc1cc(C)c2ccc(O)c(C(=O)O[C@H]3CC[C@@H](O[C@@H]4O[C@H](CO)[C@@H](O)[C@H](O)[C@H]4N)C3)c2c1. The first-order valence-electron chi connectivity index (χ1n) is 11.3. The van der Waals surface area contributed by atoms with Crippen molar-refractivity contribution in [2.24, 2.45) is 5.73 Å². The first-order valence-corrected chi connectivity index (χ1v) is 11.3. The number of fused-ring (bicyclic) bond motifs is 1. The first-order chi connectivity index (χ1) is 16.2. The summed E-state index contributed by atoms with van der Waals surface area (Å²) >= 11 is 0. The summed E-state index contributed by atoms with van der Waals surface area (Å²) in [6.45, 7) is 1.40. The molecule has 10 heteroatoms. The summed E-state index contributed by atoms with van der Waals surface area (Å²) in [5.41, 5.74) is 6.91. The maximum atomic E-state index is 13.1. The van der Waals surface area contributed by atoms with Crippen molar-refractivity contribution in [3.05, 3.63) is 35.4 Å². The number of aliphatic hydroxyl groups is 3. The second-order valence-electron chi connectivity index (χ2n) is 8.88. The lowest BCUT2D eigenvalue weighted by atomic mass is 9.98. The van der Waals surface area contributed by atoms with E-state index in [1.54, 1.807) is 12.1 Å². The minimum atomic E-state index is -1.31. The van der Waals surface area contributed by atoms with E-state index in [1.165, 1.54) is 13.2 Å². The number of carbonyl (C=O) groups excluding carboxylic acids is 1. The Bertz CT molecular complexity index is 1040. The molecule has 34 heavy (non-hydrogen) atoms. The number of rotatable bonds is 6. The number of benzene rings is 2. The second kappa shape index (κ2) is 10.0. The molecule has 0 unspecified atom stereocenters. The number of carbonyl (C=O) groups is 1. The van der Waals surface area contributed by atoms with E-state index in [4.69, 9.17) is 24.7 Å². The molecule has 1 aliphatic heterocycles. The van der Waals surface area contributed by atoms with Crippen molar-refractivity contribution in [3.8, 4) is 11.5 Å². The van der Waals surface area contributed by atoms with Crippen molar-refractivity contribution in [2.45, 2.75) is 69.0 Å². The molecule has 2 aliphatic rings. The number of esters is 1. The van der Waals surface area contributed by atoms with E-state index in [1.807, 2.05) is 13.0 Å². The Hall–Kier alpha value is -2.47. The number of hydrogen-bond acceptors (Lipinski definition) is 10. The average molecular weight is 478 g/mol. The van der Waals surface area contributed by atoms with Crippen LogP contribution in [-0.2, 0) is 14.2 Å². The van der Waals surface area contributed by atoms with Crippen LogP contribution >= 0.6 is 0 Å². The van der Waals surface area contributed by atoms with Gasteiger partial charge >= 0.3 is 5.97 Å². The molecule has 7 atom stereocenters. The van der Waals surface area contributed by atoms with E-state index in [0.717, 1.165) is 10.9 Å². The molecule has 6 N–H and O–H groups in total. The van der Waals surface area contributed by atoms with Crippen LogP contribution < -0.4 is 10.5 Å². The van der Waals surface area contributed by atoms with Gasteiger partial charge < -0.3 is 45.1 Å². The van der Waals surface area contributed by atoms with E-state index >= 15 is 0 Å². The molecular weight excluding hydrogens is 446 g/mol. The smallest absolute Gasteiger partial charge is 0.342 e. The van der Waals surface area contributed by atoms with Gasteiger partial charge in [0.2, 0.25) is 0 Å². The molecule has 2 aromatic carbocycles. The zero-order valence-electron chi connectivity index (χ0n) is 19.1. The van der Waals surface area contributed by atoms with Crippen molar-refractivity contribution < 1.29 is 44.2 Å². The predicted octanol–water partition coefficient (Wildman–Crippen LogP) is 0.723. The minimum absolute atomic E-state index is 0.0735. The molecule has 1 saturated heterocycles. The Kier molecular flexibility index (Phi) is 7.27. The van der Waals surface area contributed by atoms with Crippen LogP contribution in [0.1, 0.15) is 35.2 Å². The van der Waals surface area contributed by atoms with Crippen molar-refractivity contribution in [1.82, 2.24) is 0 Å². The lowest BCUT2D eigenvalue weighted by molar-refractivity contribution is -0.277. The predicted molar refractivity (Wildman–Crippen MR) is 121 cm³/mol. The zero-order valence-corrected chi connectivity index (χ0v) is 19.1. The Morgan fingerprint density at radius 1 is 1.15 bits per heavy atom. The maximum Gasteiger partial charge on any atom is 0.342 e. The third kappa shape index (κ3) is 4.70. The molecule has 0 bridgehead atoms. The fraction of sp³-hybridized carbons (Fsp3) is 0.542. The van der Waals surface area contributed by atoms with Crippen LogP contribution in [0.15, 0.2) is 24.3 Å². The van der Waals surface area contributed by atoms with Gasteiger partial charge in [-0.3, -0.25) is 0 Å². The molecular formula is C24H31NO9. The summed E-state index contributed by atoms with van der Waals surface area (Å²) in [7, 11) is 1.53. The van der Waals surface area contributed by atoms with Crippen molar-refractivity contribution in [2.75, 3.05) is 13.7 Å². The van der Waals surface area contributed by atoms with Crippen LogP contribution in [0.2, 0.25) is 0 Å². The van der Waals surface area contributed by atoms with Gasteiger partial charge in [0.25, 0.3) is 0 Å². The number of methoxy groups -OCH3 is 1. The third-order valence-corrected chi connectivity index (χ3v) is 6.60.